The Balaban J connectivity index is 1.59. The van der Waals surface area contributed by atoms with Gasteiger partial charge >= 0.3 is 0 Å². The monoisotopic (exact) mass is 276 g/mol. The molecule has 1 heterocycles. The lowest BCUT2D eigenvalue weighted by molar-refractivity contribution is 0.0381. The number of hydrogen-bond donors (Lipinski definition) is 1. The topological polar surface area (TPSA) is 24.5 Å². The fourth-order valence-electron chi connectivity index (χ4n) is 2.65. The zero-order chi connectivity index (χ0) is 14.2. The third-order valence-corrected chi connectivity index (χ3v) is 3.97. The van der Waals surface area contributed by atoms with Gasteiger partial charge in [0.15, 0.2) is 0 Å². The van der Waals surface area contributed by atoms with Crippen LogP contribution >= 0.6 is 0 Å². The normalized spacial score (nSPS) is 18.1. The van der Waals surface area contributed by atoms with Gasteiger partial charge in [0.1, 0.15) is 0 Å². The molecule has 1 unspecified atom stereocenters. The summed E-state index contributed by atoms with van der Waals surface area (Å²) in [6.07, 6.45) is 2.36. The first-order valence-electron chi connectivity index (χ1n) is 7.83. The molecular weight excluding hydrogens is 248 g/mol. The van der Waals surface area contributed by atoms with Crippen LogP contribution in [0, 0.1) is 6.92 Å². The molecule has 1 aromatic carbocycles. The van der Waals surface area contributed by atoms with Crippen molar-refractivity contribution in [2.45, 2.75) is 32.7 Å². The van der Waals surface area contributed by atoms with E-state index in [1.54, 1.807) is 0 Å². The van der Waals surface area contributed by atoms with E-state index in [1.807, 2.05) is 0 Å². The van der Waals surface area contributed by atoms with Crippen molar-refractivity contribution in [3.05, 3.63) is 35.4 Å². The summed E-state index contributed by atoms with van der Waals surface area (Å²) in [6.45, 7) is 10.6. The van der Waals surface area contributed by atoms with Gasteiger partial charge in [-0.1, -0.05) is 29.8 Å². The molecule has 0 aliphatic carbocycles. The summed E-state index contributed by atoms with van der Waals surface area (Å²) in [5.41, 5.74) is 2.81. The maximum atomic E-state index is 5.36. The number of hydrogen-bond acceptors (Lipinski definition) is 3. The SMILES string of the molecule is Cc1cccc(CCC(C)NCCN2CCOCC2)c1. The van der Waals surface area contributed by atoms with E-state index in [9.17, 15) is 0 Å². The molecule has 0 saturated carbocycles. The Kier molecular flexibility index (Phi) is 6.51. The molecule has 1 N–H and O–H groups in total. The minimum atomic E-state index is 0.580. The van der Waals surface area contributed by atoms with Gasteiger partial charge in [-0.05, 0) is 32.3 Å². The van der Waals surface area contributed by atoms with Gasteiger partial charge in [0.25, 0.3) is 0 Å². The predicted molar refractivity (Wildman–Crippen MR) is 84.2 cm³/mol. The lowest BCUT2D eigenvalue weighted by Crippen LogP contribution is -2.41. The second kappa shape index (κ2) is 8.40. The summed E-state index contributed by atoms with van der Waals surface area (Å²) in [5, 5.41) is 3.63. The van der Waals surface area contributed by atoms with E-state index in [1.165, 1.54) is 17.5 Å². The Morgan fingerprint density at radius 2 is 2.10 bits per heavy atom. The van der Waals surface area contributed by atoms with Crippen molar-refractivity contribution in [3.8, 4) is 0 Å². The Labute approximate surface area is 123 Å². The first-order valence-corrected chi connectivity index (χ1v) is 7.83. The molecule has 112 valence electrons. The summed E-state index contributed by atoms with van der Waals surface area (Å²) >= 11 is 0. The van der Waals surface area contributed by atoms with Gasteiger partial charge in [0.2, 0.25) is 0 Å². The van der Waals surface area contributed by atoms with Crippen LogP contribution in [-0.2, 0) is 11.2 Å². The molecule has 0 amide bonds. The number of rotatable bonds is 7. The van der Waals surface area contributed by atoms with E-state index in [0.717, 1.165) is 45.8 Å². The highest BCUT2D eigenvalue weighted by molar-refractivity contribution is 5.22. The van der Waals surface area contributed by atoms with E-state index in [-0.39, 0.29) is 0 Å². The molecule has 1 saturated heterocycles. The predicted octanol–water partition coefficient (Wildman–Crippen LogP) is 2.24. The average molecular weight is 276 g/mol. The van der Waals surface area contributed by atoms with Crippen LogP contribution in [0.3, 0.4) is 0 Å². The Morgan fingerprint density at radius 3 is 2.85 bits per heavy atom. The molecule has 1 aliphatic heterocycles. The van der Waals surface area contributed by atoms with Gasteiger partial charge in [0.05, 0.1) is 13.2 Å². The zero-order valence-electron chi connectivity index (χ0n) is 12.9. The fraction of sp³-hybridized carbons (Fsp3) is 0.647. The molecule has 1 atom stereocenters. The molecule has 0 aromatic heterocycles. The molecule has 20 heavy (non-hydrogen) atoms. The Hall–Kier alpha value is -0.900. The number of ether oxygens (including phenoxy) is 1. The van der Waals surface area contributed by atoms with Crippen molar-refractivity contribution in [2.24, 2.45) is 0 Å². The fourth-order valence-corrected chi connectivity index (χ4v) is 2.65. The van der Waals surface area contributed by atoms with Crippen LogP contribution in [0.1, 0.15) is 24.5 Å². The van der Waals surface area contributed by atoms with E-state index in [0.29, 0.717) is 6.04 Å². The summed E-state index contributed by atoms with van der Waals surface area (Å²) in [6, 6.07) is 9.42. The van der Waals surface area contributed by atoms with Gasteiger partial charge in [-0.25, -0.2) is 0 Å². The molecule has 2 rings (SSSR count). The van der Waals surface area contributed by atoms with Crippen LogP contribution in [0.25, 0.3) is 0 Å². The van der Waals surface area contributed by atoms with Crippen LogP contribution in [0.15, 0.2) is 24.3 Å². The third-order valence-electron chi connectivity index (χ3n) is 3.97. The summed E-state index contributed by atoms with van der Waals surface area (Å²) < 4.78 is 5.36. The summed E-state index contributed by atoms with van der Waals surface area (Å²) in [7, 11) is 0. The number of morpholine rings is 1. The minimum Gasteiger partial charge on any atom is -0.379 e. The highest BCUT2D eigenvalue weighted by Crippen LogP contribution is 2.08. The van der Waals surface area contributed by atoms with Gasteiger partial charge in [0, 0.05) is 32.2 Å². The lowest BCUT2D eigenvalue weighted by Gasteiger charge is -2.27. The van der Waals surface area contributed by atoms with E-state index in [2.05, 4.69) is 48.3 Å². The van der Waals surface area contributed by atoms with Crippen LogP contribution in [-0.4, -0.2) is 50.3 Å². The smallest absolute Gasteiger partial charge is 0.0594 e. The zero-order valence-corrected chi connectivity index (χ0v) is 12.9. The Bertz CT molecular complexity index is 388. The summed E-state index contributed by atoms with van der Waals surface area (Å²) in [4.78, 5) is 2.48. The second-order valence-electron chi connectivity index (χ2n) is 5.84. The maximum absolute atomic E-state index is 5.36. The van der Waals surface area contributed by atoms with Crippen molar-refractivity contribution in [3.63, 3.8) is 0 Å². The molecule has 0 radical (unpaired) electrons. The molecule has 1 aliphatic rings. The van der Waals surface area contributed by atoms with Gasteiger partial charge in [-0.2, -0.15) is 0 Å². The molecule has 1 fully saturated rings. The first kappa shape index (κ1) is 15.5. The number of aryl methyl sites for hydroxylation is 2. The first-order chi connectivity index (χ1) is 9.74. The molecular formula is C17H28N2O. The van der Waals surface area contributed by atoms with E-state index in [4.69, 9.17) is 4.74 Å². The van der Waals surface area contributed by atoms with Crippen molar-refractivity contribution in [1.82, 2.24) is 10.2 Å². The van der Waals surface area contributed by atoms with Crippen molar-refractivity contribution in [1.29, 1.82) is 0 Å². The standard InChI is InChI=1S/C17H28N2O/c1-15-4-3-5-17(14-15)7-6-16(2)18-8-9-19-10-12-20-13-11-19/h3-5,14,16,18H,6-13H2,1-2H3. The molecule has 0 spiro atoms. The van der Waals surface area contributed by atoms with Crippen LogP contribution < -0.4 is 5.32 Å². The maximum Gasteiger partial charge on any atom is 0.0594 e. The van der Waals surface area contributed by atoms with E-state index >= 15 is 0 Å². The van der Waals surface area contributed by atoms with Crippen LogP contribution in [0.4, 0.5) is 0 Å². The molecule has 3 nitrogen and oxygen atoms in total. The number of nitrogens with zero attached hydrogens (tertiary/aromatic N) is 1. The van der Waals surface area contributed by atoms with Gasteiger partial charge in [-0.3, -0.25) is 4.90 Å². The van der Waals surface area contributed by atoms with Crippen LogP contribution in [0.2, 0.25) is 0 Å². The summed E-state index contributed by atoms with van der Waals surface area (Å²) in [5.74, 6) is 0. The van der Waals surface area contributed by atoms with E-state index < -0.39 is 0 Å². The highest BCUT2D eigenvalue weighted by Gasteiger charge is 2.10. The minimum absolute atomic E-state index is 0.580. The second-order valence-corrected chi connectivity index (χ2v) is 5.84. The third kappa shape index (κ3) is 5.61. The number of benzene rings is 1. The average Bonchev–Trinajstić information content (AvgIpc) is 2.46. The van der Waals surface area contributed by atoms with Crippen molar-refractivity contribution in [2.75, 3.05) is 39.4 Å². The van der Waals surface area contributed by atoms with Crippen molar-refractivity contribution < 1.29 is 4.74 Å². The lowest BCUT2D eigenvalue weighted by atomic mass is 10.0. The molecule has 0 bridgehead atoms. The quantitative estimate of drug-likeness (QED) is 0.826. The number of nitrogens with one attached hydrogen (secondary N) is 1. The van der Waals surface area contributed by atoms with Gasteiger partial charge in [-0.15, -0.1) is 0 Å². The molecule has 3 heteroatoms. The van der Waals surface area contributed by atoms with Crippen molar-refractivity contribution >= 4 is 0 Å². The molecule has 1 aromatic rings. The largest absolute Gasteiger partial charge is 0.379 e. The highest BCUT2D eigenvalue weighted by atomic mass is 16.5. The van der Waals surface area contributed by atoms with Gasteiger partial charge < -0.3 is 10.1 Å². The Morgan fingerprint density at radius 1 is 1.30 bits per heavy atom. The van der Waals surface area contributed by atoms with Crippen LogP contribution in [0.5, 0.6) is 0 Å².